The highest BCUT2D eigenvalue weighted by Crippen LogP contribution is 2.37. The minimum absolute atomic E-state index is 0.0421. The predicted molar refractivity (Wildman–Crippen MR) is 112 cm³/mol. The highest BCUT2D eigenvalue weighted by atomic mass is 32.2. The molecule has 1 aliphatic rings. The zero-order chi connectivity index (χ0) is 19.5. The van der Waals surface area contributed by atoms with Crippen molar-refractivity contribution < 1.29 is 4.79 Å². The molecule has 28 heavy (non-hydrogen) atoms. The van der Waals surface area contributed by atoms with Crippen LogP contribution >= 0.6 is 11.8 Å². The Kier molecular flexibility index (Phi) is 5.34. The van der Waals surface area contributed by atoms with Gasteiger partial charge in [-0.1, -0.05) is 74.1 Å². The molecule has 0 saturated carbocycles. The molecule has 0 fully saturated rings. The predicted octanol–water partition coefficient (Wildman–Crippen LogP) is 3.80. The van der Waals surface area contributed by atoms with Crippen LogP contribution in [0, 0.1) is 0 Å². The Labute approximate surface area is 168 Å². The Morgan fingerprint density at radius 2 is 1.82 bits per heavy atom. The van der Waals surface area contributed by atoms with Crippen molar-refractivity contribution in [1.82, 2.24) is 14.9 Å². The number of carbonyl (C=O) groups excluding carboxylic acids is 1. The number of para-hydroxylation sites is 1. The van der Waals surface area contributed by atoms with Crippen molar-refractivity contribution >= 4 is 23.4 Å². The molecule has 3 aromatic rings. The van der Waals surface area contributed by atoms with Crippen molar-refractivity contribution in [2.75, 3.05) is 10.7 Å². The summed E-state index contributed by atoms with van der Waals surface area (Å²) < 4.78 is 1.91. The number of benzene rings is 2. The molecular formula is C21H23N5OS. The molecule has 144 valence electrons. The van der Waals surface area contributed by atoms with Gasteiger partial charge in [-0.2, -0.15) is 0 Å². The van der Waals surface area contributed by atoms with E-state index >= 15 is 0 Å². The van der Waals surface area contributed by atoms with E-state index in [9.17, 15) is 4.79 Å². The summed E-state index contributed by atoms with van der Waals surface area (Å²) in [5, 5.41) is 12.0. The van der Waals surface area contributed by atoms with Gasteiger partial charge in [0.25, 0.3) is 0 Å². The maximum absolute atomic E-state index is 13.3. The SMILES string of the molecule is CCc1ccccc1NC(=O)[C@@H]1Sc2nnc(CC)n2N[C@H]1c1ccccc1. The second-order valence-electron chi connectivity index (χ2n) is 6.64. The molecule has 1 amide bonds. The third kappa shape index (κ3) is 3.49. The summed E-state index contributed by atoms with van der Waals surface area (Å²) in [6.07, 6.45) is 1.63. The minimum atomic E-state index is -0.367. The Morgan fingerprint density at radius 3 is 2.57 bits per heavy atom. The standard InChI is InChI=1S/C21H23N5OS/c1-3-14-10-8-9-13-16(14)22-20(27)19-18(15-11-6-5-7-12-15)25-26-17(4-2)23-24-21(26)28-19/h5-13,18-19,25H,3-4H2,1-2H3,(H,22,27)/t18-,19+/m0/s1. The minimum Gasteiger partial charge on any atom is -0.325 e. The second-order valence-corrected chi connectivity index (χ2v) is 7.75. The summed E-state index contributed by atoms with van der Waals surface area (Å²) in [5.74, 6) is 0.818. The van der Waals surface area contributed by atoms with Crippen LogP contribution in [0.4, 0.5) is 5.69 Å². The van der Waals surface area contributed by atoms with E-state index in [4.69, 9.17) is 0 Å². The van der Waals surface area contributed by atoms with E-state index in [1.807, 2.05) is 66.2 Å². The number of carbonyl (C=O) groups is 1. The fourth-order valence-electron chi connectivity index (χ4n) is 3.39. The number of aromatic nitrogens is 3. The van der Waals surface area contributed by atoms with E-state index in [-0.39, 0.29) is 17.2 Å². The largest absolute Gasteiger partial charge is 0.325 e. The topological polar surface area (TPSA) is 71.8 Å². The summed E-state index contributed by atoms with van der Waals surface area (Å²) in [4.78, 5) is 13.3. The van der Waals surface area contributed by atoms with Crippen LogP contribution in [0.25, 0.3) is 0 Å². The molecule has 4 rings (SSSR count). The Morgan fingerprint density at radius 1 is 1.07 bits per heavy atom. The molecule has 0 radical (unpaired) electrons. The van der Waals surface area contributed by atoms with Crippen molar-refractivity contribution in [3.8, 4) is 0 Å². The van der Waals surface area contributed by atoms with E-state index in [2.05, 4.69) is 27.9 Å². The molecule has 6 nitrogen and oxygen atoms in total. The highest BCUT2D eigenvalue weighted by molar-refractivity contribution is 8.00. The molecule has 0 aliphatic carbocycles. The lowest BCUT2D eigenvalue weighted by Crippen LogP contribution is -2.41. The maximum atomic E-state index is 13.3. The lowest BCUT2D eigenvalue weighted by molar-refractivity contribution is -0.116. The van der Waals surface area contributed by atoms with Gasteiger partial charge in [-0.3, -0.25) is 4.79 Å². The van der Waals surface area contributed by atoms with Gasteiger partial charge in [0.15, 0.2) is 5.82 Å². The third-order valence-electron chi connectivity index (χ3n) is 4.89. The van der Waals surface area contributed by atoms with Crippen molar-refractivity contribution in [2.45, 2.75) is 43.1 Å². The van der Waals surface area contributed by atoms with Crippen molar-refractivity contribution in [3.05, 3.63) is 71.5 Å². The number of fused-ring (bicyclic) bond motifs is 1. The van der Waals surface area contributed by atoms with E-state index in [1.165, 1.54) is 11.8 Å². The molecule has 0 bridgehead atoms. The molecule has 2 atom stereocenters. The fourth-order valence-corrected chi connectivity index (χ4v) is 4.49. The second kappa shape index (κ2) is 8.06. The number of nitrogens with one attached hydrogen (secondary N) is 2. The first-order valence-electron chi connectivity index (χ1n) is 9.52. The summed E-state index contributed by atoms with van der Waals surface area (Å²) in [5.41, 5.74) is 6.51. The third-order valence-corrected chi connectivity index (χ3v) is 6.11. The molecule has 7 heteroatoms. The number of rotatable bonds is 5. The van der Waals surface area contributed by atoms with Crippen molar-refractivity contribution in [2.24, 2.45) is 0 Å². The van der Waals surface area contributed by atoms with Crippen LogP contribution in [0.5, 0.6) is 0 Å². The number of nitrogens with zero attached hydrogens (tertiary/aromatic N) is 3. The molecule has 0 spiro atoms. The smallest absolute Gasteiger partial charge is 0.240 e. The Balaban J connectivity index is 1.67. The molecule has 0 saturated heterocycles. The lowest BCUT2D eigenvalue weighted by Gasteiger charge is -2.33. The summed E-state index contributed by atoms with van der Waals surface area (Å²) in [6, 6.07) is 17.8. The van der Waals surface area contributed by atoms with E-state index in [1.54, 1.807) is 0 Å². The van der Waals surface area contributed by atoms with Gasteiger partial charge in [-0.05, 0) is 23.6 Å². The highest BCUT2D eigenvalue weighted by Gasteiger charge is 2.37. The quantitative estimate of drug-likeness (QED) is 0.690. The molecule has 2 heterocycles. The number of thioether (sulfide) groups is 1. The van der Waals surface area contributed by atoms with Crippen molar-refractivity contribution in [3.63, 3.8) is 0 Å². The normalized spacial score (nSPS) is 18.2. The molecule has 2 N–H and O–H groups in total. The summed E-state index contributed by atoms with van der Waals surface area (Å²) in [7, 11) is 0. The van der Waals surface area contributed by atoms with Crippen LogP contribution in [0.1, 0.15) is 36.8 Å². The monoisotopic (exact) mass is 393 g/mol. The van der Waals surface area contributed by atoms with E-state index in [0.717, 1.165) is 35.5 Å². The maximum Gasteiger partial charge on any atom is 0.240 e. The zero-order valence-corrected chi connectivity index (χ0v) is 16.7. The van der Waals surface area contributed by atoms with Gasteiger partial charge in [0.1, 0.15) is 5.25 Å². The first-order valence-corrected chi connectivity index (χ1v) is 10.4. The van der Waals surface area contributed by atoms with Gasteiger partial charge in [0.05, 0.1) is 6.04 Å². The number of hydrogen-bond donors (Lipinski definition) is 2. The van der Waals surface area contributed by atoms with E-state index < -0.39 is 0 Å². The van der Waals surface area contributed by atoms with Crippen LogP contribution in [0.3, 0.4) is 0 Å². The number of anilines is 1. The van der Waals surface area contributed by atoms with Gasteiger partial charge in [-0.25, -0.2) is 4.68 Å². The van der Waals surface area contributed by atoms with Crippen LogP contribution in [0.2, 0.25) is 0 Å². The molecule has 1 aliphatic heterocycles. The number of amides is 1. The van der Waals surface area contributed by atoms with Crippen LogP contribution in [0.15, 0.2) is 59.8 Å². The number of hydrogen-bond acceptors (Lipinski definition) is 5. The molecule has 0 unspecified atom stereocenters. The van der Waals surface area contributed by atoms with Gasteiger partial charge in [-0.15, -0.1) is 10.2 Å². The Bertz CT molecular complexity index is 972. The lowest BCUT2D eigenvalue weighted by atomic mass is 10.0. The molecule has 1 aromatic heterocycles. The van der Waals surface area contributed by atoms with Gasteiger partial charge < -0.3 is 10.7 Å². The van der Waals surface area contributed by atoms with Crippen molar-refractivity contribution in [1.29, 1.82) is 0 Å². The fraction of sp³-hybridized carbons (Fsp3) is 0.286. The first kappa shape index (κ1) is 18.6. The van der Waals surface area contributed by atoms with Crippen LogP contribution < -0.4 is 10.7 Å². The molecular weight excluding hydrogens is 370 g/mol. The summed E-state index contributed by atoms with van der Waals surface area (Å²) in [6.45, 7) is 4.13. The average molecular weight is 394 g/mol. The zero-order valence-electron chi connectivity index (χ0n) is 15.9. The Hall–Kier alpha value is -2.80. The van der Waals surface area contributed by atoms with Gasteiger partial charge in [0, 0.05) is 12.1 Å². The first-order chi connectivity index (χ1) is 13.7. The van der Waals surface area contributed by atoms with E-state index in [0.29, 0.717) is 5.16 Å². The van der Waals surface area contributed by atoms with Gasteiger partial charge >= 0.3 is 0 Å². The van der Waals surface area contributed by atoms with Gasteiger partial charge in [0.2, 0.25) is 11.1 Å². The van der Waals surface area contributed by atoms with Crippen LogP contribution in [-0.4, -0.2) is 26.0 Å². The summed E-state index contributed by atoms with van der Waals surface area (Å²) >= 11 is 1.45. The van der Waals surface area contributed by atoms with Crippen LogP contribution in [-0.2, 0) is 17.6 Å². The average Bonchev–Trinajstić information content (AvgIpc) is 3.16. The molecule has 2 aromatic carbocycles. The number of aryl methyl sites for hydroxylation is 2.